The molecule has 0 bridgehead atoms. The molecule has 0 spiro atoms. The zero-order valence-electron chi connectivity index (χ0n) is 16.1. The lowest BCUT2D eigenvalue weighted by atomic mass is 10.1. The quantitative estimate of drug-likeness (QED) is 0.541. The van der Waals surface area contributed by atoms with Crippen molar-refractivity contribution >= 4 is 16.9 Å². The fourth-order valence-electron chi connectivity index (χ4n) is 2.71. The van der Waals surface area contributed by atoms with Crippen molar-refractivity contribution in [2.45, 2.75) is 6.61 Å². The first kappa shape index (κ1) is 19.3. The van der Waals surface area contributed by atoms with Crippen LogP contribution in [0.25, 0.3) is 10.8 Å². The topological polar surface area (TPSA) is 48.0 Å². The average molecular weight is 377 g/mol. The standard InChI is InChI=1S/C23H23NO4/c1-4-15-26-21-14-13-19(28-23(25)24(2)3)18-11-8-12-20(22(18)21)27-16-17-9-6-5-7-10-17/h4-14H,1,15-16H2,2-3H3. The molecule has 5 nitrogen and oxygen atoms in total. The Bertz CT molecular complexity index is 967. The van der Waals surface area contributed by atoms with Crippen molar-refractivity contribution < 1.29 is 19.0 Å². The van der Waals surface area contributed by atoms with Crippen LogP contribution in [0, 0.1) is 0 Å². The molecule has 0 unspecified atom stereocenters. The second kappa shape index (κ2) is 8.95. The van der Waals surface area contributed by atoms with Gasteiger partial charge in [-0.2, -0.15) is 0 Å². The number of benzene rings is 3. The third kappa shape index (κ3) is 4.43. The van der Waals surface area contributed by atoms with Gasteiger partial charge in [-0.1, -0.05) is 55.1 Å². The third-order valence-electron chi connectivity index (χ3n) is 4.08. The summed E-state index contributed by atoms with van der Waals surface area (Å²) in [5.41, 5.74) is 1.06. The summed E-state index contributed by atoms with van der Waals surface area (Å²) >= 11 is 0. The molecule has 0 radical (unpaired) electrons. The number of carbonyl (C=O) groups is 1. The van der Waals surface area contributed by atoms with Gasteiger partial charge < -0.3 is 19.1 Å². The fourth-order valence-corrected chi connectivity index (χ4v) is 2.71. The van der Waals surface area contributed by atoms with Gasteiger partial charge in [-0.25, -0.2) is 4.79 Å². The van der Waals surface area contributed by atoms with Crippen LogP contribution in [0.4, 0.5) is 4.79 Å². The SMILES string of the molecule is C=CCOc1ccc(OC(=O)N(C)C)c2cccc(OCc3ccccc3)c12. The van der Waals surface area contributed by atoms with Gasteiger partial charge in [0.25, 0.3) is 0 Å². The summed E-state index contributed by atoms with van der Waals surface area (Å²) in [7, 11) is 3.28. The minimum absolute atomic E-state index is 0.360. The lowest BCUT2D eigenvalue weighted by molar-refractivity contribution is 0.172. The summed E-state index contributed by atoms with van der Waals surface area (Å²) in [5, 5.41) is 1.49. The van der Waals surface area contributed by atoms with Crippen molar-refractivity contribution in [3.05, 3.63) is 78.9 Å². The lowest BCUT2D eigenvalue weighted by Crippen LogP contribution is -2.25. The van der Waals surface area contributed by atoms with Gasteiger partial charge in [0.1, 0.15) is 30.5 Å². The van der Waals surface area contributed by atoms with Crippen LogP contribution in [0.2, 0.25) is 0 Å². The zero-order chi connectivity index (χ0) is 19.9. The number of nitrogens with zero attached hydrogens (tertiary/aromatic N) is 1. The van der Waals surface area contributed by atoms with Crippen LogP contribution in [-0.2, 0) is 6.61 Å². The summed E-state index contributed by atoms with van der Waals surface area (Å²) in [5.74, 6) is 1.75. The molecule has 28 heavy (non-hydrogen) atoms. The van der Waals surface area contributed by atoms with Crippen LogP contribution < -0.4 is 14.2 Å². The summed E-state index contributed by atoms with van der Waals surface area (Å²) in [6.07, 6.45) is 1.23. The highest BCUT2D eigenvalue weighted by atomic mass is 16.6. The van der Waals surface area contributed by atoms with Crippen molar-refractivity contribution in [3.63, 3.8) is 0 Å². The van der Waals surface area contributed by atoms with E-state index in [1.807, 2.05) is 48.5 Å². The van der Waals surface area contributed by atoms with Gasteiger partial charge in [-0.05, 0) is 23.8 Å². The van der Waals surface area contributed by atoms with Crippen molar-refractivity contribution in [2.75, 3.05) is 20.7 Å². The number of hydrogen-bond donors (Lipinski definition) is 0. The molecule has 0 heterocycles. The monoisotopic (exact) mass is 377 g/mol. The smallest absolute Gasteiger partial charge is 0.414 e. The Hall–Kier alpha value is -3.47. The summed E-state index contributed by atoms with van der Waals surface area (Å²) in [4.78, 5) is 13.4. The molecule has 144 valence electrons. The number of carbonyl (C=O) groups excluding carboxylic acids is 1. The first-order chi connectivity index (χ1) is 13.6. The Morgan fingerprint density at radius 3 is 2.36 bits per heavy atom. The van der Waals surface area contributed by atoms with Gasteiger partial charge in [-0.3, -0.25) is 0 Å². The minimum Gasteiger partial charge on any atom is -0.489 e. The number of rotatable bonds is 7. The molecule has 5 heteroatoms. The molecule has 0 saturated heterocycles. The Morgan fingerprint density at radius 1 is 0.929 bits per heavy atom. The molecule has 0 saturated carbocycles. The fraction of sp³-hybridized carbons (Fsp3) is 0.174. The molecule has 3 rings (SSSR count). The van der Waals surface area contributed by atoms with Gasteiger partial charge >= 0.3 is 6.09 Å². The molecular weight excluding hydrogens is 354 g/mol. The largest absolute Gasteiger partial charge is 0.489 e. The molecule has 0 N–H and O–H groups in total. The maximum Gasteiger partial charge on any atom is 0.414 e. The van der Waals surface area contributed by atoms with Gasteiger partial charge in [0.15, 0.2) is 0 Å². The Morgan fingerprint density at radius 2 is 1.64 bits per heavy atom. The normalized spacial score (nSPS) is 10.4. The van der Waals surface area contributed by atoms with Crippen LogP contribution in [-0.4, -0.2) is 31.7 Å². The van der Waals surface area contributed by atoms with Gasteiger partial charge in [-0.15, -0.1) is 0 Å². The molecule has 0 aromatic heterocycles. The average Bonchev–Trinajstić information content (AvgIpc) is 2.72. The lowest BCUT2D eigenvalue weighted by Gasteiger charge is -2.17. The van der Waals surface area contributed by atoms with Crippen LogP contribution in [0.15, 0.2) is 73.3 Å². The number of ether oxygens (including phenoxy) is 3. The van der Waals surface area contributed by atoms with Crippen molar-refractivity contribution in [1.29, 1.82) is 0 Å². The van der Waals surface area contributed by atoms with E-state index in [9.17, 15) is 4.79 Å². The van der Waals surface area contributed by atoms with E-state index in [0.717, 1.165) is 16.3 Å². The summed E-state index contributed by atoms with van der Waals surface area (Å²) < 4.78 is 17.4. The first-order valence-corrected chi connectivity index (χ1v) is 8.95. The number of fused-ring (bicyclic) bond motifs is 1. The summed E-state index contributed by atoms with van der Waals surface area (Å²) in [6.45, 7) is 4.48. The molecule has 1 amide bonds. The van der Waals surface area contributed by atoms with Gasteiger partial charge in [0.05, 0.1) is 5.39 Å². The van der Waals surface area contributed by atoms with E-state index in [1.165, 1.54) is 4.90 Å². The molecule has 0 aliphatic rings. The second-order valence-corrected chi connectivity index (χ2v) is 6.38. The molecule has 3 aromatic rings. The van der Waals surface area contributed by atoms with Crippen LogP contribution in [0.1, 0.15) is 5.56 Å². The van der Waals surface area contributed by atoms with Crippen LogP contribution in [0.5, 0.6) is 17.2 Å². The molecule has 3 aromatic carbocycles. The maximum absolute atomic E-state index is 12.0. The second-order valence-electron chi connectivity index (χ2n) is 6.38. The molecular formula is C23H23NO4. The van der Waals surface area contributed by atoms with Crippen molar-refractivity contribution in [1.82, 2.24) is 4.90 Å². The molecule has 0 fully saturated rings. The Labute approximate surface area is 164 Å². The number of hydrogen-bond acceptors (Lipinski definition) is 4. The predicted molar refractivity (Wildman–Crippen MR) is 110 cm³/mol. The van der Waals surface area contributed by atoms with Crippen LogP contribution >= 0.6 is 0 Å². The van der Waals surface area contributed by atoms with E-state index in [0.29, 0.717) is 30.5 Å². The summed E-state index contributed by atoms with van der Waals surface area (Å²) in [6, 6.07) is 19.0. The molecule has 0 atom stereocenters. The van der Waals surface area contributed by atoms with Gasteiger partial charge in [0.2, 0.25) is 0 Å². The Kier molecular flexibility index (Phi) is 6.17. The molecule has 0 aliphatic heterocycles. The first-order valence-electron chi connectivity index (χ1n) is 8.95. The van der Waals surface area contributed by atoms with E-state index in [4.69, 9.17) is 14.2 Å². The number of amides is 1. The zero-order valence-corrected chi connectivity index (χ0v) is 16.1. The van der Waals surface area contributed by atoms with E-state index in [1.54, 1.807) is 32.3 Å². The van der Waals surface area contributed by atoms with E-state index in [-0.39, 0.29) is 0 Å². The van der Waals surface area contributed by atoms with Crippen molar-refractivity contribution in [3.8, 4) is 17.2 Å². The minimum atomic E-state index is -0.448. The highest BCUT2D eigenvalue weighted by Crippen LogP contribution is 2.39. The molecule has 0 aliphatic carbocycles. The van der Waals surface area contributed by atoms with E-state index in [2.05, 4.69) is 6.58 Å². The van der Waals surface area contributed by atoms with Gasteiger partial charge in [0, 0.05) is 19.5 Å². The van der Waals surface area contributed by atoms with E-state index >= 15 is 0 Å². The Balaban J connectivity index is 2.01. The van der Waals surface area contributed by atoms with E-state index < -0.39 is 6.09 Å². The van der Waals surface area contributed by atoms with Crippen molar-refractivity contribution in [2.24, 2.45) is 0 Å². The van der Waals surface area contributed by atoms with Crippen LogP contribution in [0.3, 0.4) is 0 Å². The highest BCUT2D eigenvalue weighted by molar-refractivity contribution is 5.98. The third-order valence-corrected chi connectivity index (χ3v) is 4.08. The predicted octanol–water partition coefficient (Wildman–Crippen LogP) is 5.04. The highest BCUT2D eigenvalue weighted by Gasteiger charge is 2.16. The maximum atomic E-state index is 12.0.